The minimum atomic E-state index is -0.458. The molecule has 0 aromatic heterocycles. The summed E-state index contributed by atoms with van der Waals surface area (Å²) in [6, 6.07) is 14.2. The maximum atomic E-state index is 13.6. The Morgan fingerprint density at radius 2 is 1.44 bits per heavy atom. The Kier molecular flexibility index (Phi) is 15.8. The lowest BCUT2D eigenvalue weighted by Crippen LogP contribution is -2.58. The van der Waals surface area contributed by atoms with E-state index in [2.05, 4.69) is 30.9 Å². The highest BCUT2D eigenvalue weighted by atomic mass is 16.3. The fourth-order valence-corrected chi connectivity index (χ4v) is 6.41. The molecule has 5 nitrogen and oxygen atoms in total. The van der Waals surface area contributed by atoms with Gasteiger partial charge in [-0.15, -0.1) is 0 Å². The van der Waals surface area contributed by atoms with Gasteiger partial charge in [0, 0.05) is 43.8 Å². The van der Waals surface area contributed by atoms with Crippen molar-refractivity contribution in [2.75, 3.05) is 26.2 Å². The number of hydrogen-bond donors (Lipinski definition) is 2. The van der Waals surface area contributed by atoms with E-state index in [0.717, 1.165) is 61.5 Å². The summed E-state index contributed by atoms with van der Waals surface area (Å²) < 4.78 is 0. The second-order valence-corrected chi connectivity index (χ2v) is 12.5. The maximum absolute atomic E-state index is 13.6. The van der Waals surface area contributed by atoms with Gasteiger partial charge >= 0.3 is 0 Å². The zero-order chi connectivity index (χ0) is 29.3. The number of hydrogen-bond acceptors (Lipinski definition) is 4. The predicted octanol–water partition coefficient (Wildman–Crippen LogP) is 7.94. The van der Waals surface area contributed by atoms with Crippen molar-refractivity contribution in [2.24, 2.45) is 5.73 Å². The summed E-state index contributed by atoms with van der Waals surface area (Å²) in [5, 5.41) is 13.0. The van der Waals surface area contributed by atoms with Gasteiger partial charge < -0.3 is 15.7 Å². The van der Waals surface area contributed by atoms with Crippen molar-refractivity contribution < 1.29 is 9.90 Å². The van der Waals surface area contributed by atoms with Crippen molar-refractivity contribution in [3.05, 3.63) is 48.0 Å². The Bertz CT molecular complexity index is 990. The van der Waals surface area contributed by atoms with Crippen molar-refractivity contribution in [3.8, 4) is 0 Å². The zero-order valence-electron chi connectivity index (χ0n) is 26.2. The normalized spacial score (nSPS) is 17.7. The Morgan fingerprint density at radius 3 is 2.12 bits per heavy atom. The molecule has 1 saturated heterocycles. The molecule has 2 aromatic carbocycles. The predicted molar refractivity (Wildman–Crippen MR) is 174 cm³/mol. The summed E-state index contributed by atoms with van der Waals surface area (Å²) in [6.45, 7) is 7.43. The molecule has 1 amide bonds. The van der Waals surface area contributed by atoms with Gasteiger partial charge in [0.15, 0.2) is 0 Å². The Hall–Kier alpha value is -1.95. The SMILES string of the molecule is CCCCCCCCCCCCCCC(O)C(N)CN1CCN(C(=O)c2cccc3ccccc23)CC1CCCC. The third kappa shape index (κ3) is 11.3. The molecule has 1 aliphatic heterocycles. The molecule has 41 heavy (non-hydrogen) atoms. The van der Waals surface area contributed by atoms with Crippen LogP contribution in [0.3, 0.4) is 0 Å². The van der Waals surface area contributed by atoms with Gasteiger partial charge in [0.25, 0.3) is 5.91 Å². The van der Waals surface area contributed by atoms with Gasteiger partial charge in [0.1, 0.15) is 0 Å². The highest BCUT2D eigenvalue weighted by Crippen LogP contribution is 2.23. The van der Waals surface area contributed by atoms with Gasteiger partial charge in [-0.25, -0.2) is 0 Å². The molecular weight excluding hydrogens is 506 g/mol. The summed E-state index contributed by atoms with van der Waals surface area (Å²) in [7, 11) is 0. The average molecular weight is 566 g/mol. The average Bonchev–Trinajstić information content (AvgIpc) is 3.00. The van der Waals surface area contributed by atoms with E-state index in [4.69, 9.17) is 5.73 Å². The quantitative estimate of drug-likeness (QED) is 0.160. The van der Waals surface area contributed by atoms with Gasteiger partial charge in [0.2, 0.25) is 0 Å². The van der Waals surface area contributed by atoms with Crippen molar-refractivity contribution in [1.29, 1.82) is 0 Å². The van der Waals surface area contributed by atoms with Crippen LogP contribution in [0.1, 0.15) is 127 Å². The minimum Gasteiger partial charge on any atom is -0.391 e. The first-order valence-corrected chi connectivity index (χ1v) is 17.0. The monoisotopic (exact) mass is 565 g/mol. The van der Waals surface area contributed by atoms with Crippen LogP contribution in [0.4, 0.5) is 0 Å². The molecule has 1 heterocycles. The fraction of sp³-hybridized carbons (Fsp3) is 0.694. The first-order chi connectivity index (χ1) is 20.0. The minimum absolute atomic E-state index is 0.124. The van der Waals surface area contributed by atoms with Gasteiger partial charge in [-0.05, 0) is 29.7 Å². The summed E-state index contributed by atoms with van der Waals surface area (Å²) in [5.41, 5.74) is 7.35. The van der Waals surface area contributed by atoms with Crippen molar-refractivity contribution in [3.63, 3.8) is 0 Å². The topological polar surface area (TPSA) is 69.8 Å². The number of nitrogens with two attached hydrogens (primary N) is 1. The molecule has 5 heteroatoms. The molecule has 3 atom stereocenters. The van der Waals surface area contributed by atoms with Gasteiger partial charge in [-0.1, -0.05) is 140 Å². The smallest absolute Gasteiger partial charge is 0.254 e. The molecule has 3 N–H and O–H groups in total. The molecule has 0 radical (unpaired) electrons. The number of rotatable bonds is 20. The number of carbonyl (C=O) groups excluding carboxylic acids is 1. The summed E-state index contributed by atoms with van der Waals surface area (Å²) in [4.78, 5) is 18.1. The lowest BCUT2D eigenvalue weighted by atomic mass is 9.99. The molecule has 1 aliphatic rings. The third-order valence-electron chi connectivity index (χ3n) is 9.10. The molecule has 2 aromatic rings. The number of fused-ring (bicyclic) bond motifs is 1. The molecule has 0 spiro atoms. The second-order valence-electron chi connectivity index (χ2n) is 12.5. The first-order valence-electron chi connectivity index (χ1n) is 17.0. The molecule has 1 fully saturated rings. The van der Waals surface area contributed by atoms with E-state index in [-0.39, 0.29) is 18.0 Å². The van der Waals surface area contributed by atoms with E-state index in [0.29, 0.717) is 13.1 Å². The second kappa shape index (κ2) is 19.3. The molecule has 0 saturated carbocycles. The number of aliphatic hydroxyl groups is 1. The summed E-state index contributed by atoms with van der Waals surface area (Å²) >= 11 is 0. The molecule has 3 unspecified atom stereocenters. The lowest BCUT2D eigenvalue weighted by molar-refractivity contribution is 0.0341. The van der Waals surface area contributed by atoms with E-state index >= 15 is 0 Å². The Morgan fingerprint density at radius 1 is 0.829 bits per heavy atom. The molecule has 0 aliphatic carbocycles. The van der Waals surface area contributed by atoms with Crippen molar-refractivity contribution in [2.45, 2.75) is 135 Å². The number of carbonyl (C=O) groups is 1. The van der Waals surface area contributed by atoms with Crippen LogP contribution in [0, 0.1) is 0 Å². The molecular formula is C36H59N3O2. The van der Waals surface area contributed by atoms with Crippen LogP contribution in [-0.2, 0) is 0 Å². The Labute approximate surface area is 250 Å². The highest BCUT2D eigenvalue weighted by molar-refractivity contribution is 6.07. The van der Waals surface area contributed by atoms with Crippen molar-refractivity contribution in [1.82, 2.24) is 9.80 Å². The van der Waals surface area contributed by atoms with Crippen LogP contribution in [0.2, 0.25) is 0 Å². The summed E-state index contributed by atoms with van der Waals surface area (Å²) in [6.07, 6.45) is 19.5. The van der Waals surface area contributed by atoms with E-state index in [1.807, 2.05) is 35.2 Å². The summed E-state index contributed by atoms with van der Waals surface area (Å²) in [5.74, 6) is 0.124. The number of piperazine rings is 1. The Balaban J connectivity index is 1.39. The van der Waals surface area contributed by atoms with Crippen LogP contribution in [0.5, 0.6) is 0 Å². The van der Waals surface area contributed by atoms with E-state index in [1.54, 1.807) is 0 Å². The van der Waals surface area contributed by atoms with E-state index in [9.17, 15) is 9.90 Å². The highest BCUT2D eigenvalue weighted by Gasteiger charge is 2.32. The van der Waals surface area contributed by atoms with Crippen LogP contribution < -0.4 is 5.73 Å². The number of nitrogens with zero attached hydrogens (tertiary/aromatic N) is 2. The molecule has 230 valence electrons. The van der Waals surface area contributed by atoms with Gasteiger partial charge in [0.05, 0.1) is 6.10 Å². The number of amides is 1. The van der Waals surface area contributed by atoms with E-state index in [1.165, 1.54) is 70.6 Å². The lowest BCUT2D eigenvalue weighted by Gasteiger charge is -2.43. The molecule has 3 rings (SSSR count). The number of benzene rings is 2. The van der Waals surface area contributed by atoms with Crippen LogP contribution >= 0.6 is 0 Å². The molecule has 0 bridgehead atoms. The van der Waals surface area contributed by atoms with Gasteiger partial charge in [-0.2, -0.15) is 0 Å². The zero-order valence-corrected chi connectivity index (χ0v) is 26.2. The van der Waals surface area contributed by atoms with E-state index < -0.39 is 6.10 Å². The van der Waals surface area contributed by atoms with Crippen LogP contribution in [-0.4, -0.2) is 65.2 Å². The first kappa shape index (κ1) is 33.6. The van der Waals surface area contributed by atoms with Crippen LogP contribution in [0.25, 0.3) is 10.8 Å². The largest absolute Gasteiger partial charge is 0.391 e. The van der Waals surface area contributed by atoms with Gasteiger partial charge in [-0.3, -0.25) is 9.69 Å². The number of unbranched alkanes of at least 4 members (excludes halogenated alkanes) is 12. The standard InChI is InChI=1S/C36H59N3O2/c1-3-5-7-8-9-10-11-12-13-14-15-16-25-35(40)34(37)29-38-26-27-39(28-31(38)22-6-4-2)36(41)33-24-19-21-30-20-17-18-23-32(30)33/h17-21,23-24,31,34-35,40H,3-16,22,25-29,37H2,1-2H3. The van der Waals surface area contributed by atoms with Crippen molar-refractivity contribution >= 4 is 16.7 Å². The maximum Gasteiger partial charge on any atom is 0.254 e. The fourth-order valence-electron chi connectivity index (χ4n) is 6.41. The van der Waals surface area contributed by atoms with Crippen LogP contribution in [0.15, 0.2) is 42.5 Å². The third-order valence-corrected chi connectivity index (χ3v) is 9.10. The number of aliphatic hydroxyl groups excluding tert-OH is 1.